The lowest BCUT2D eigenvalue weighted by Crippen LogP contribution is -2.33. The zero-order chi connectivity index (χ0) is 23.3. The molecule has 0 spiro atoms. The molecule has 0 fully saturated rings. The number of allylic oxidation sites excluding steroid dienone is 1. The van der Waals surface area contributed by atoms with Crippen molar-refractivity contribution in [2.24, 2.45) is 0 Å². The smallest absolute Gasteiger partial charge is 0.266 e. The molecule has 1 heterocycles. The Hall–Kier alpha value is -3.45. The third kappa shape index (κ3) is 3.53. The minimum Gasteiger partial charge on any atom is -0.266 e. The number of nitrogens with zero attached hydrogens (tertiary/aromatic N) is 2. The summed E-state index contributed by atoms with van der Waals surface area (Å²) in [5.74, 6) is -0.119. The van der Waals surface area contributed by atoms with Gasteiger partial charge in [-0.05, 0) is 55.5 Å². The van der Waals surface area contributed by atoms with Crippen LogP contribution >= 0.6 is 0 Å². The summed E-state index contributed by atoms with van der Waals surface area (Å²) in [5.41, 5.74) is 6.89. The maximum absolute atomic E-state index is 13.7. The second-order valence-electron chi connectivity index (χ2n) is 8.74. The van der Waals surface area contributed by atoms with Crippen molar-refractivity contribution < 1.29 is 13.3 Å². The van der Waals surface area contributed by atoms with Crippen LogP contribution in [-0.2, 0) is 10.0 Å². The molecular weight excluding hydrogens is 436 g/mol. The Labute approximate surface area is 193 Å². The molecule has 0 saturated carbocycles. The third-order valence-corrected chi connectivity index (χ3v) is 8.34. The van der Waals surface area contributed by atoms with Crippen molar-refractivity contribution in [2.45, 2.75) is 37.5 Å². The highest BCUT2D eigenvalue weighted by molar-refractivity contribution is 7.89. The largest absolute Gasteiger partial charge is 0.269 e. The van der Waals surface area contributed by atoms with Crippen LogP contribution in [0, 0.1) is 24.0 Å². The van der Waals surface area contributed by atoms with E-state index in [9.17, 15) is 18.5 Å². The molecule has 0 bridgehead atoms. The Bertz CT molecular complexity index is 1390. The second kappa shape index (κ2) is 7.85. The van der Waals surface area contributed by atoms with Crippen LogP contribution in [0.2, 0.25) is 0 Å². The fourth-order valence-electron chi connectivity index (χ4n) is 4.96. The predicted octanol–water partition coefficient (Wildman–Crippen LogP) is 5.55. The van der Waals surface area contributed by atoms with Gasteiger partial charge in [0.1, 0.15) is 0 Å². The summed E-state index contributed by atoms with van der Waals surface area (Å²) in [6.45, 7) is 4.38. The summed E-state index contributed by atoms with van der Waals surface area (Å²) in [7, 11) is -3.72. The van der Waals surface area contributed by atoms with Crippen molar-refractivity contribution in [3.05, 3.63) is 110 Å². The first kappa shape index (κ1) is 21.4. The van der Waals surface area contributed by atoms with E-state index in [-0.39, 0.29) is 16.5 Å². The number of hydrogen-bond donors (Lipinski definition) is 0. The summed E-state index contributed by atoms with van der Waals surface area (Å²) in [5, 5.41) is 11.1. The van der Waals surface area contributed by atoms with Gasteiger partial charge in [-0.2, -0.15) is 0 Å². The van der Waals surface area contributed by atoms with Crippen LogP contribution in [0.3, 0.4) is 0 Å². The van der Waals surface area contributed by atoms with Gasteiger partial charge in [-0.25, -0.2) is 8.42 Å². The van der Waals surface area contributed by atoms with Crippen LogP contribution in [-0.4, -0.2) is 24.2 Å². The lowest BCUT2D eigenvalue weighted by Gasteiger charge is -2.32. The lowest BCUT2D eigenvalue weighted by molar-refractivity contribution is -0.384. The standard InChI is InChI=1S/C26H24N2O4S/c1-17-5-12-21(13-6-17)33(31,32)27-15-3-4-23-25(19-8-10-20(11-9-19)28(29)30)24-16-18(2)7-14-22(24)26(23)27/h5-14,16,25H,3-4,15H2,1-2H3. The van der Waals surface area contributed by atoms with E-state index in [0.29, 0.717) is 6.54 Å². The van der Waals surface area contributed by atoms with E-state index in [0.717, 1.165) is 51.9 Å². The molecule has 3 aromatic carbocycles. The maximum atomic E-state index is 13.7. The molecule has 1 atom stereocenters. The minimum absolute atomic E-state index is 0.0441. The van der Waals surface area contributed by atoms with Gasteiger partial charge in [-0.1, -0.05) is 53.6 Å². The summed E-state index contributed by atoms with van der Waals surface area (Å²) in [6.07, 6.45) is 1.50. The summed E-state index contributed by atoms with van der Waals surface area (Å²) in [4.78, 5) is 11.0. The minimum atomic E-state index is -3.72. The number of benzene rings is 3. The number of non-ortho nitro benzene ring substituents is 1. The normalized spacial score (nSPS) is 17.6. The Morgan fingerprint density at radius 3 is 2.27 bits per heavy atom. The molecule has 168 valence electrons. The number of sulfonamides is 1. The highest BCUT2D eigenvalue weighted by Crippen LogP contribution is 2.51. The molecule has 6 nitrogen and oxygen atoms in total. The molecule has 7 heteroatoms. The third-order valence-electron chi connectivity index (χ3n) is 6.53. The molecule has 3 aromatic rings. The topological polar surface area (TPSA) is 80.5 Å². The average Bonchev–Trinajstić information content (AvgIpc) is 3.12. The van der Waals surface area contributed by atoms with Crippen molar-refractivity contribution in [1.82, 2.24) is 4.31 Å². The molecule has 0 N–H and O–H groups in total. The molecule has 0 radical (unpaired) electrons. The van der Waals surface area contributed by atoms with Crippen LogP contribution < -0.4 is 0 Å². The second-order valence-corrected chi connectivity index (χ2v) is 10.6. The number of nitro benzene ring substituents is 1. The monoisotopic (exact) mass is 460 g/mol. The number of fused-ring (bicyclic) bond motifs is 2. The highest BCUT2D eigenvalue weighted by Gasteiger charge is 2.41. The van der Waals surface area contributed by atoms with Gasteiger partial charge >= 0.3 is 0 Å². The number of hydrogen-bond acceptors (Lipinski definition) is 4. The van der Waals surface area contributed by atoms with Gasteiger partial charge in [0.15, 0.2) is 0 Å². The number of nitro groups is 1. The zero-order valence-corrected chi connectivity index (χ0v) is 19.3. The predicted molar refractivity (Wildman–Crippen MR) is 127 cm³/mol. The highest BCUT2D eigenvalue weighted by atomic mass is 32.2. The SMILES string of the molecule is Cc1ccc(S(=O)(=O)N2CCCC3=C2c2ccc(C)cc2C3c2ccc([N+](=O)[O-])cc2)cc1. The molecule has 0 saturated heterocycles. The lowest BCUT2D eigenvalue weighted by atomic mass is 9.85. The Balaban J connectivity index is 1.67. The van der Waals surface area contributed by atoms with E-state index in [1.54, 1.807) is 28.6 Å². The average molecular weight is 461 g/mol. The van der Waals surface area contributed by atoms with Gasteiger partial charge in [0, 0.05) is 30.2 Å². The summed E-state index contributed by atoms with van der Waals surface area (Å²) in [6, 6.07) is 19.7. The van der Waals surface area contributed by atoms with Crippen LogP contribution in [0.5, 0.6) is 0 Å². The van der Waals surface area contributed by atoms with E-state index < -0.39 is 14.9 Å². The molecule has 33 heavy (non-hydrogen) atoms. The molecule has 0 amide bonds. The molecule has 2 aliphatic rings. The molecule has 1 aliphatic heterocycles. The van der Waals surface area contributed by atoms with Crippen molar-refractivity contribution in [3.63, 3.8) is 0 Å². The number of rotatable bonds is 4. The van der Waals surface area contributed by atoms with Crippen LogP contribution in [0.4, 0.5) is 5.69 Å². The first-order valence-corrected chi connectivity index (χ1v) is 12.4. The molecule has 1 unspecified atom stereocenters. The van der Waals surface area contributed by atoms with Crippen molar-refractivity contribution in [3.8, 4) is 0 Å². The fraction of sp³-hybridized carbons (Fsp3) is 0.231. The van der Waals surface area contributed by atoms with Crippen molar-refractivity contribution >= 4 is 21.4 Å². The van der Waals surface area contributed by atoms with Crippen molar-refractivity contribution in [1.29, 1.82) is 0 Å². The van der Waals surface area contributed by atoms with E-state index >= 15 is 0 Å². The summed E-state index contributed by atoms with van der Waals surface area (Å²) < 4.78 is 29.0. The van der Waals surface area contributed by atoms with E-state index in [4.69, 9.17) is 0 Å². The first-order chi connectivity index (χ1) is 15.8. The molecular formula is C26H24N2O4S. The van der Waals surface area contributed by atoms with Crippen LogP contribution in [0.15, 0.2) is 77.2 Å². The Morgan fingerprint density at radius 2 is 1.61 bits per heavy atom. The van der Waals surface area contributed by atoms with Crippen LogP contribution in [0.1, 0.15) is 46.6 Å². The summed E-state index contributed by atoms with van der Waals surface area (Å²) >= 11 is 0. The Morgan fingerprint density at radius 1 is 0.939 bits per heavy atom. The fourth-order valence-corrected chi connectivity index (χ4v) is 6.52. The molecule has 5 rings (SSSR count). The molecule has 0 aromatic heterocycles. The van der Waals surface area contributed by atoms with Crippen LogP contribution in [0.25, 0.3) is 5.70 Å². The van der Waals surface area contributed by atoms with Gasteiger partial charge in [0.25, 0.3) is 15.7 Å². The maximum Gasteiger partial charge on any atom is 0.269 e. The van der Waals surface area contributed by atoms with Gasteiger partial charge in [0.05, 0.1) is 15.5 Å². The van der Waals surface area contributed by atoms with Gasteiger partial charge < -0.3 is 0 Å². The van der Waals surface area contributed by atoms with E-state index in [1.807, 2.05) is 38.1 Å². The first-order valence-electron chi connectivity index (χ1n) is 10.9. The quantitative estimate of drug-likeness (QED) is 0.377. The van der Waals surface area contributed by atoms with Gasteiger partial charge in [-0.3, -0.25) is 14.4 Å². The Kier molecular flexibility index (Phi) is 5.09. The van der Waals surface area contributed by atoms with E-state index in [1.165, 1.54) is 12.1 Å². The number of aryl methyl sites for hydroxylation is 2. The molecule has 1 aliphatic carbocycles. The van der Waals surface area contributed by atoms with E-state index in [2.05, 4.69) is 6.07 Å². The zero-order valence-electron chi connectivity index (χ0n) is 18.5. The van der Waals surface area contributed by atoms with Gasteiger partial charge in [0.2, 0.25) is 0 Å². The van der Waals surface area contributed by atoms with Gasteiger partial charge in [-0.15, -0.1) is 0 Å². The van der Waals surface area contributed by atoms with Crippen molar-refractivity contribution in [2.75, 3.05) is 6.54 Å².